The van der Waals surface area contributed by atoms with E-state index in [4.69, 9.17) is 0 Å². The van der Waals surface area contributed by atoms with E-state index in [0.717, 1.165) is 17.9 Å². The van der Waals surface area contributed by atoms with Crippen LogP contribution in [0.2, 0.25) is 0 Å². The molecule has 0 amide bonds. The Morgan fingerprint density at radius 3 is 2.91 bits per heavy atom. The molecule has 2 aromatic rings. The number of likely N-dealkylation sites (tertiary alicyclic amines) is 1. The average molecular weight is 297 g/mol. The molecule has 2 aromatic heterocycles. The van der Waals surface area contributed by atoms with E-state index in [1.54, 1.807) is 0 Å². The molecule has 22 heavy (non-hydrogen) atoms. The summed E-state index contributed by atoms with van der Waals surface area (Å²) >= 11 is 0. The molecule has 2 aliphatic heterocycles. The van der Waals surface area contributed by atoms with Crippen molar-refractivity contribution in [2.75, 3.05) is 26.2 Å². The lowest BCUT2D eigenvalue weighted by Gasteiger charge is -2.22. The summed E-state index contributed by atoms with van der Waals surface area (Å²) in [5, 5.41) is 8.19. The van der Waals surface area contributed by atoms with Gasteiger partial charge in [0.15, 0.2) is 0 Å². The monoisotopic (exact) mass is 297 g/mol. The predicted molar refractivity (Wildman–Crippen MR) is 85.9 cm³/mol. The van der Waals surface area contributed by atoms with Gasteiger partial charge in [0, 0.05) is 43.8 Å². The van der Waals surface area contributed by atoms with Crippen LogP contribution in [-0.4, -0.2) is 45.8 Å². The van der Waals surface area contributed by atoms with Crippen LogP contribution in [0.15, 0.2) is 30.7 Å². The molecule has 0 radical (unpaired) electrons. The number of aryl methyl sites for hydroxylation is 1. The van der Waals surface area contributed by atoms with Crippen molar-refractivity contribution >= 4 is 0 Å². The molecular formula is C17H23N5. The minimum atomic E-state index is 0.537. The van der Waals surface area contributed by atoms with Crippen LogP contribution in [0.4, 0.5) is 0 Å². The minimum Gasteiger partial charge on any atom is -0.316 e. The first kappa shape index (κ1) is 13.9. The zero-order chi connectivity index (χ0) is 15.0. The van der Waals surface area contributed by atoms with E-state index in [1.165, 1.54) is 44.6 Å². The molecule has 1 atom stereocenters. The standard InChI is InChI=1S/C17H23N5/c1-14-15(11-22(20-14)16-2-6-18-7-3-16)10-21-9-5-17(13-21)4-8-19-12-17/h2-3,6-7,11,19H,4-5,8-10,12-13H2,1H3. The van der Waals surface area contributed by atoms with E-state index in [2.05, 4.69) is 33.4 Å². The predicted octanol–water partition coefficient (Wildman–Crippen LogP) is 1.76. The zero-order valence-electron chi connectivity index (χ0n) is 13.1. The Hall–Kier alpha value is -1.72. The van der Waals surface area contributed by atoms with Gasteiger partial charge in [0.25, 0.3) is 0 Å². The van der Waals surface area contributed by atoms with Crippen molar-refractivity contribution in [1.29, 1.82) is 0 Å². The van der Waals surface area contributed by atoms with Crippen molar-refractivity contribution in [3.63, 3.8) is 0 Å². The molecular weight excluding hydrogens is 274 g/mol. The van der Waals surface area contributed by atoms with E-state index in [-0.39, 0.29) is 0 Å². The summed E-state index contributed by atoms with van der Waals surface area (Å²) in [4.78, 5) is 6.66. The van der Waals surface area contributed by atoms with Gasteiger partial charge in [0.2, 0.25) is 0 Å². The second-order valence-corrected chi connectivity index (χ2v) is 6.78. The fourth-order valence-electron chi connectivity index (χ4n) is 3.83. The maximum Gasteiger partial charge on any atom is 0.0676 e. The summed E-state index contributed by atoms with van der Waals surface area (Å²) in [7, 11) is 0. The normalized spacial score (nSPS) is 25.3. The van der Waals surface area contributed by atoms with E-state index < -0.39 is 0 Å². The van der Waals surface area contributed by atoms with Gasteiger partial charge in [-0.3, -0.25) is 9.88 Å². The second-order valence-electron chi connectivity index (χ2n) is 6.78. The third-order valence-electron chi connectivity index (χ3n) is 5.17. The van der Waals surface area contributed by atoms with Gasteiger partial charge in [0.05, 0.1) is 11.4 Å². The second kappa shape index (κ2) is 5.48. The highest BCUT2D eigenvalue weighted by molar-refractivity contribution is 5.30. The van der Waals surface area contributed by atoms with E-state index in [0.29, 0.717) is 5.41 Å². The van der Waals surface area contributed by atoms with Crippen LogP contribution in [-0.2, 0) is 6.54 Å². The molecule has 4 heterocycles. The lowest BCUT2D eigenvalue weighted by molar-refractivity contribution is 0.268. The molecule has 0 aliphatic carbocycles. The molecule has 0 saturated carbocycles. The third-order valence-corrected chi connectivity index (χ3v) is 5.17. The number of rotatable bonds is 3. The van der Waals surface area contributed by atoms with Crippen molar-refractivity contribution in [3.05, 3.63) is 42.0 Å². The average Bonchev–Trinajstić information content (AvgIpc) is 3.25. The highest BCUT2D eigenvalue weighted by Gasteiger charge is 2.40. The lowest BCUT2D eigenvalue weighted by atomic mass is 9.87. The number of nitrogens with one attached hydrogen (secondary N) is 1. The van der Waals surface area contributed by atoms with E-state index in [1.807, 2.05) is 29.2 Å². The number of pyridine rings is 1. The molecule has 2 fully saturated rings. The first-order valence-corrected chi connectivity index (χ1v) is 8.13. The van der Waals surface area contributed by atoms with Gasteiger partial charge in [-0.05, 0) is 50.4 Å². The van der Waals surface area contributed by atoms with Crippen LogP contribution in [0.5, 0.6) is 0 Å². The van der Waals surface area contributed by atoms with E-state index >= 15 is 0 Å². The summed E-state index contributed by atoms with van der Waals surface area (Å²) in [6.07, 6.45) is 8.45. The molecule has 4 rings (SSSR count). The van der Waals surface area contributed by atoms with Gasteiger partial charge < -0.3 is 5.32 Å². The first-order valence-electron chi connectivity index (χ1n) is 8.13. The largest absolute Gasteiger partial charge is 0.316 e. The Labute approximate surface area is 131 Å². The summed E-state index contributed by atoms with van der Waals surface area (Å²) in [6.45, 7) is 7.93. The molecule has 5 heteroatoms. The van der Waals surface area contributed by atoms with Gasteiger partial charge >= 0.3 is 0 Å². The molecule has 1 spiro atoms. The summed E-state index contributed by atoms with van der Waals surface area (Å²) in [5.74, 6) is 0. The van der Waals surface area contributed by atoms with Crippen molar-refractivity contribution in [3.8, 4) is 5.69 Å². The van der Waals surface area contributed by atoms with Gasteiger partial charge in [-0.25, -0.2) is 4.68 Å². The molecule has 5 nitrogen and oxygen atoms in total. The highest BCUT2D eigenvalue weighted by atomic mass is 15.3. The Balaban J connectivity index is 1.49. The SMILES string of the molecule is Cc1nn(-c2ccncc2)cc1CN1CCC2(CCNC2)C1. The van der Waals surface area contributed by atoms with Crippen molar-refractivity contribution in [2.24, 2.45) is 5.41 Å². The molecule has 2 aliphatic rings. The number of aromatic nitrogens is 3. The minimum absolute atomic E-state index is 0.537. The summed E-state index contributed by atoms with van der Waals surface area (Å²) in [5.41, 5.74) is 4.07. The molecule has 0 bridgehead atoms. The number of hydrogen-bond acceptors (Lipinski definition) is 4. The number of hydrogen-bond donors (Lipinski definition) is 1. The van der Waals surface area contributed by atoms with Crippen molar-refractivity contribution < 1.29 is 0 Å². The molecule has 116 valence electrons. The summed E-state index contributed by atoms with van der Waals surface area (Å²) in [6, 6.07) is 3.98. The Bertz CT molecular complexity index is 642. The fraction of sp³-hybridized carbons (Fsp3) is 0.529. The van der Waals surface area contributed by atoms with E-state index in [9.17, 15) is 0 Å². The van der Waals surface area contributed by atoms with Gasteiger partial charge in [-0.1, -0.05) is 0 Å². The van der Waals surface area contributed by atoms with Crippen LogP contribution in [0.25, 0.3) is 5.69 Å². The van der Waals surface area contributed by atoms with Crippen LogP contribution in [0.3, 0.4) is 0 Å². The molecule has 2 saturated heterocycles. The Kier molecular flexibility index (Phi) is 3.47. The Morgan fingerprint density at radius 2 is 2.14 bits per heavy atom. The van der Waals surface area contributed by atoms with Crippen LogP contribution in [0, 0.1) is 12.3 Å². The van der Waals surface area contributed by atoms with Gasteiger partial charge in [-0.15, -0.1) is 0 Å². The molecule has 0 aromatic carbocycles. The maximum absolute atomic E-state index is 4.66. The lowest BCUT2D eigenvalue weighted by Crippen LogP contribution is -2.29. The molecule has 1 N–H and O–H groups in total. The number of nitrogens with zero attached hydrogens (tertiary/aromatic N) is 4. The molecule has 1 unspecified atom stereocenters. The summed E-state index contributed by atoms with van der Waals surface area (Å²) < 4.78 is 1.97. The van der Waals surface area contributed by atoms with Crippen LogP contribution >= 0.6 is 0 Å². The maximum atomic E-state index is 4.66. The highest BCUT2D eigenvalue weighted by Crippen LogP contribution is 2.36. The zero-order valence-corrected chi connectivity index (χ0v) is 13.1. The van der Waals surface area contributed by atoms with Crippen molar-refractivity contribution in [1.82, 2.24) is 25.0 Å². The topological polar surface area (TPSA) is 46.0 Å². The Morgan fingerprint density at radius 1 is 1.27 bits per heavy atom. The quantitative estimate of drug-likeness (QED) is 0.938. The smallest absolute Gasteiger partial charge is 0.0676 e. The fourth-order valence-corrected chi connectivity index (χ4v) is 3.83. The van der Waals surface area contributed by atoms with Crippen LogP contribution < -0.4 is 5.32 Å². The van der Waals surface area contributed by atoms with Gasteiger partial charge in [-0.2, -0.15) is 5.10 Å². The third kappa shape index (κ3) is 2.55. The van der Waals surface area contributed by atoms with Crippen LogP contribution in [0.1, 0.15) is 24.1 Å². The van der Waals surface area contributed by atoms with Crippen molar-refractivity contribution in [2.45, 2.75) is 26.3 Å². The first-order chi connectivity index (χ1) is 10.7. The van der Waals surface area contributed by atoms with Gasteiger partial charge in [0.1, 0.15) is 0 Å².